The summed E-state index contributed by atoms with van der Waals surface area (Å²) in [5, 5.41) is 2.38. The van der Waals surface area contributed by atoms with Gasteiger partial charge in [-0.25, -0.2) is 4.99 Å². The molecule has 0 amide bonds. The molecular weight excluding hydrogens is 158 g/mol. The van der Waals surface area contributed by atoms with Gasteiger partial charge in [0.1, 0.15) is 0 Å². The van der Waals surface area contributed by atoms with Gasteiger partial charge in [0.2, 0.25) is 0 Å². The van der Waals surface area contributed by atoms with Gasteiger partial charge in [-0.3, -0.25) is 0 Å². The third-order valence-electron chi connectivity index (χ3n) is 0.762. The molecule has 0 unspecified atom stereocenters. The maximum Gasteiger partial charge on any atom is 0.151 e. The normalized spacial score (nSPS) is 20.5. The van der Waals surface area contributed by atoms with Crippen LogP contribution in [0.1, 0.15) is 0 Å². The molecule has 0 aromatic carbocycles. The molecule has 4 heteroatoms. The van der Waals surface area contributed by atoms with Crippen molar-refractivity contribution in [1.29, 1.82) is 0 Å². The van der Waals surface area contributed by atoms with Crippen molar-refractivity contribution in [1.82, 2.24) is 0 Å². The summed E-state index contributed by atoms with van der Waals surface area (Å²) in [5.74, 6) is 2.41. The van der Waals surface area contributed by atoms with Gasteiger partial charge in [-0.05, 0) is 12.2 Å². The molecule has 0 atom stereocenters. The highest BCUT2D eigenvalue weighted by atomic mass is 32.2. The van der Waals surface area contributed by atoms with Crippen LogP contribution in [-0.4, -0.2) is 21.4 Å². The molecule has 1 aliphatic heterocycles. The standard InChI is InChI=1S/C4H5NS3/c6-3-5-4-7-1-2-8-4/h4H,1-2H2. The lowest BCUT2D eigenvalue weighted by Crippen LogP contribution is -1.80. The average Bonchev–Trinajstić information content (AvgIpc) is 2.19. The molecule has 0 aromatic heterocycles. The van der Waals surface area contributed by atoms with Crippen molar-refractivity contribution in [3.63, 3.8) is 0 Å². The first-order chi connectivity index (χ1) is 3.93. The lowest BCUT2D eigenvalue weighted by atomic mass is 11.0. The molecule has 0 bridgehead atoms. The van der Waals surface area contributed by atoms with Gasteiger partial charge in [-0.15, -0.1) is 23.5 Å². The summed E-state index contributed by atoms with van der Waals surface area (Å²) < 4.78 is 0.354. The molecule has 0 aliphatic carbocycles. The van der Waals surface area contributed by atoms with E-state index in [1.807, 2.05) is 23.5 Å². The molecule has 0 aromatic rings. The van der Waals surface area contributed by atoms with Gasteiger partial charge < -0.3 is 0 Å². The van der Waals surface area contributed by atoms with Gasteiger partial charge in [-0.1, -0.05) is 0 Å². The largest absolute Gasteiger partial charge is 0.207 e. The van der Waals surface area contributed by atoms with Gasteiger partial charge in [0.15, 0.2) is 4.71 Å². The summed E-state index contributed by atoms with van der Waals surface area (Å²) in [4.78, 5) is 3.91. The van der Waals surface area contributed by atoms with Crippen molar-refractivity contribution in [3.8, 4) is 0 Å². The number of thioether (sulfide) groups is 2. The van der Waals surface area contributed by atoms with Crippen LogP contribution in [0, 0.1) is 0 Å². The monoisotopic (exact) mass is 163 g/mol. The first-order valence-corrected chi connectivity index (χ1v) is 4.74. The summed E-state index contributed by atoms with van der Waals surface area (Å²) in [6.45, 7) is 0. The van der Waals surface area contributed by atoms with Crippen LogP contribution in [0.25, 0.3) is 0 Å². The van der Waals surface area contributed by atoms with E-state index in [0.29, 0.717) is 4.71 Å². The summed E-state index contributed by atoms with van der Waals surface area (Å²) in [5.41, 5.74) is 0. The summed E-state index contributed by atoms with van der Waals surface area (Å²) >= 11 is 8.11. The van der Waals surface area contributed by atoms with Crippen molar-refractivity contribution in [3.05, 3.63) is 0 Å². The van der Waals surface area contributed by atoms with E-state index >= 15 is 0 Å². The second kappa shape index (κ2) is 3.51. The van der Waals surface area contributed by atoms with E-state index in [2.05, 4.69) is 22.4 Å². The number of rotatable bonds is 1. The Balaban J connectivity index is 2.35. The quantitative estimate of drug-likeness (QED) is 0.432. The van der Waals surface area contributed by atoms with Crippen LogP contribution >= 0.6 is 35.7 Å². The smallest absolute Gasteiger partial charge is 0.151 e. The molecule has 1 fully saturated rings. The minimum absolute atomic E-state index is 0.354. The molecule has 0 saturated carbocycles. The van der Waals surface area contributed by atoms with Crippen molar-refractivity contribution in [2.24, 2.45) is 4.99 Å². The van der Waals surface area contributed by atoms with Crippen LogP contribution in [0.3, 0.4) is 0 Å². The Labute approximate surface area is 62.3 Å². The zero-order valence-corrected chi connectivity index (χ0v) is 6.61. The maximum atomic E-state index is 4.45. The third-order valence-corrected chi connectivity index (χ3v) is 3.60. The molecule has 1 heterocycles. The Morgan fingerprint density at radius 2 is 2.12 bits per heavy atom. The van der Waals surface area contributed by atoms with E-state index in [4.69, 9.17) is 0 Å². The highest BCUT2D eigenvalue weighted by Crippen LogP contribution is 2.31. The second-order valence-electron chi connectivity index (χ2n) is 1.27. The van der Waals surface area contributed by atoms with E-state index in [9.17, 15) is 0 Å². The summed E-state index contributed by atoms with van der Waals surface area (Å²) in [6, 6.07) is 0. The van der Waals surface area contributed by atoms with Crippen LogP contribution in [0.5, 0.6) is 0 Å². The number of isothiocyanates is 1. The number of hydrogen-bond acceptors (Lipinski definition) is 4. The fourth-order valence-electron chi connectivity index (χ4n) is 0.464. The van der Waals surface area contributed by atoms with Gasteiger partial charge in [0.25, 0.3) is 0 Å². The van der Waals surface area contributed by atoms with E-state index in [-0.39, 0.29) is 0 Å². The lowest BCUT2D eigenvalue weighted by Gasteiger charge is -1.92. The topological polar surface area (TPSA) is 12.4 Å². The van der Waals surface area contributed by atoms with Crippen molar-refractivity contribution >= 4 is 40.9 Å². The van der Waals surface area contributed by atoms with Gasteiger partial charge in [-0.2, -0.15) is 0 Å². The number of nitrogens with zero attached hydrogens (tertiary/aromatic N) is 1. The average molecular weight is 163 g/mol. The van der Waals surface area contributed by atoms with Crippen molar-refractivity contribution < 1.29 is 0 Å². The van der Waals surface area contributed by atoms with Crippen molar-refractivity contribution in [2.75, 3.05) is 11.5 Å². The Hall–Kier alpha value is 0.500. The van der Waals surface area contributed by atoms with Crippen LogP contribution in [0.15, 0.2) is 4.99 Å². The summed E-state index contributed by atoms with van der Waals surface area (Å²) in [7, 11) is 0. The number of thiocarbonyl (C=S) groups is 1. The predicted octanol–water partition coefficient (Wildman–Crippen LogP) is 1.85. The minimum atomic E-state index is 0.354. The Kier molecular flexibility index (Phi) is 2.90. The summed E-state index contributed by atoms with van der Waals surface area (Å²) in [6.07, 6.45) is 0. The fraction of sp³-hybridized carbons (Fsp3) is 0.750. The van der Waals surface area contributed by atoms with E-state index in [1.54, 1.807) is 0 Å². The zero-order chi connectivity index (χ0) is 5.82. The Morgan fingerprint density at radius 1 is 1.50 bits per heavy atom. The maximum absolute atomic E-state index is 4.45. The van der Waals surface area contributed by atoms with E-state index in [0.717, 1.165) is 0 Å². The second-order valence-corrected chi connectivity index (χ2v) is 4.13. The van der Waals surface area contributed by atoms with Crippen LogP contribution in [-0.2, 0) is 0 Å². The van der Waals surface area contributed by atoms with Gasteiger partial charge in [0, 0.05) is 11.5 Å². The van der Waals surface area contributed by atoms with E-state index in [1.165, 1.54) is 11.5 Å². The highest BCUT2D eigenvalue weighted by Gasteiger charge is 2.12. The molecule has 0 spiro atoms. The SMILES string of the molecule is S=C=NC1SCCS1. The zero-order valence-electron chi connectivity index (χ0n) is 4.16. The van der Waals surface area contributed by atoms with Crippen LogP contribution in [0.2, 0.25) is 0 Å². The fourth-order valence-corrected chi connectivity index (χ4v) is 3.09. The molecule has 1 saturated heterocycles. The molecule has 0 radical (unpaired) electrons. The number of hydrogen-bond donors (Lipinski definition) is 0. The molecular formula is C4H5NS3. The minimum Gasteiger partial charge on any atom is -0.207 e. The Bertz CT molecular complexity index is 112. The number of aliphatic imine (C=N–C) groups is 1. The first-order valence-electron chi connectivity index (χ1n) is 2.23. The first kappa shape index (κ1) is 6.62. The van der Waals surface area contributed by atoms with E-state index < -0.39 is 0 Å². The molecule has 44 valence electrons. The highest BCUT2D eigenvalue weighted by molar-refractivity contribution is 8.20. The molecule has 8 heavy (non-hydrogen) atoms. The van der Waals surface area contributed by atoms with Crippen LogP contribution in [0.4, 0.5) is 0 Å². The van der Waals surface area contributed by atoms with Gasteiger partial charge >= 0.3 is 0 Å². The third kappa shape index (κ3) is 1.78. The van der Waals surface area contributed by atoms with Crippen molar-refractivity contribution in [2.45, 2.75) is 4.71 Å². The molecule has 1 aliphatic rings. The lowest BCUT2D eigenvalue weighted by molar-refractivity contribution is 1.34. The van der Waals surface area contributed by atoms with Gasteiger partial charge in [0.05, 0.1) is 5.16 Å². The Morgan fingerprint density at radius 3 is 2.62 bits per heavy atom. The predicted molar refractivity (Wildman–Crippen MR) is 43.7 cm³/mol. The molecule has 1 nitrogen and oxygen atoms in total. The van der Waals surface area contributed by atoms with Crippen LogP contribution < -0.4 is 0 Å². The molecule has 0 N–H and O–H groups in total. The molecule has 1 rings (SSSR count).